The molecular formula is C41H103N5O6S2. The van der Waals surface area contributed by atoms with Crippen LogP contribution < -0.4 is 22.1 Å². The predicted molar refractivity (Wildman–Crippen MR) is 251 cm³/mol. The fraction of sp³-hybridized carbons (Fsp3) is 0.902. The van der Waals surface area contributed by atoms with Crippen LogP contribution in [0.2, 0.25) is 0 Å². The molecule has 0 rings (SSSR count). The minimum absolute atomic E-state index is 0. The van der Waals surface area contributed by atoms with Crippen molar-refractivity contribution in [2.24, 2.45) is 28.3 Å². The Balaban J connectivity index is -0.0000000362. The first-order chi connectivity index (χ1) is 24.2. The highest BCUT2D eigenvalue weighted by molar-refractivity contribution is 7.90. The molecule has 0 heterocycles. The van der Waals surface area contributed by atoms with Crippen LogP contribution in [0.25, 0.3) is 0 Å². The first-order valence-corrected chi connectivity index (χ1v) is 23.5. The van der Waals surface area contributed by atoms with Crippen LogP contribution in [0.1, 0.15) is 191 Å². The van der Waals surface area contributed by atoms with Gasteiger partial charge >= 0.3 is 0 Å². The average molecular weight is 826 g/mol. The number of rotatable bonds is 8. The van der Waals surface area contributed by atoms with Crippen molar-refractivity contribution < 1.29 is 27.0 Å². The topological polar surface area (TPSA) is 191 Å². The number of primary amides is 1. The van der Waals surface area contributed by atoms with Gasteiger partial charge in [0.2, 0.25) is 17.7 Å². The molecule has 0 aliphatic heterocycles. The Hall–Kier alpha value is -2.02. The standard InChI is InChI=1S/2C5H12.C4H10N2.2C4H9NO.C3H7NO.C3H8O2S.C3H8OS.3C3H8.CH4/c2*1-4-5(2)3;1-3-6-4(2)5;2*1-3-5-4(2)6;1-2-3(4)5;1-3-6(2,4)5;1-3-5(2)4;3*1-3-2;/h2*5H,4H2,1-3H3;3H2,1-2H3,(H2,5,6);2*3H2,1-2H3,(H,5,6);2H2,1H3,(H2,4,5);3H2,1-2H3;3H2,1-2H3;3*3H2,1-2H3;1H4. The molecule has 11 nitrogen and oxygen atoms in total. The molecule has 0 fully saturated rings. The molecule has 0 aromatic carbocycles. The van der Waals surface area contributed by atoms with Gasteiger partial charge in [0, 0.05) is 74.7 Å². The van der Waals surface area contributed by atoms with Gasteiger partial charge in [0.25, 0.3) is 0 Å². The molecular weight excluding hydrogens is 723 g/mol. The maximum Gasteiger partial charge on any atom is 0.217 e. The zero-order valence-electron chi connectivity index (χ0n) is 39.8. The minimum Gasteiger partial charge on any atom is -0.388 e. The number of amides is 3. The Kier molecular flexibility index (Phi) is 131. The number of carbonyl (C=O) groups is 3. The van der Waals surface area contributed by atoms with Crippen molar-refractivity contribution >= 4 is 44.2 Å². The lowest BCUT2D eigenvalue weighted by molar-refractivity contribution is -0.119. The predicted octanol–water partition coefficient (Wildman–Crippen LogP) is 9.98. The fourth-order valence-corrected chi connectivity index (χ4v) is 0.747. The van der Waals surface area contributed by atoms with E-state index in [2.05, 4.69) is 104 Å². The molecule has 0 aliphatic rings. The normalized spacial score (nSPS) is 9.17. The van der Waals surface area contributed by atoms with E-state index in [1.165, 1.54) is 52.2 Å². The van der Waals surface area contributed by atoms with Crippen LogP contribution in [-0.2, 0) is 35.0 Å². The lowest BCUT2D eigenvalue weighted by Crippen LogP contribution is -2.18. The third-order valence-electron chi connectivity index (χ3n) is 4.17. The first kappa shape index (κ1) is 84.5. The summed E-state index contributed by atoms with van der Waals surface area (Å²) in [6.07, 6.45) is 9.72. The summed E-state index contributed by atoms with van der Waals surface area (Å²) in [5.74, 6) is 3.29. The van der Waals surface area contributed by atoms with E-state index in [1.54, 1.807) is 27.0 Å². The summed E-state index contributed by atoms with van der Waals surface area (Å²) in [6.45, 7) is 44.1. The number of nitrogens with one attached hydrogen (secondary N) is 2. The zero-order valence-corrected chi connectivity index (χ0v) is 41.4. The molecule has 0 bridgehead atoms. The Morgan fingerprint density at radius 1 is 0.648 bits per heavy atom. The van der Waals surface area contributed by atoms with Crippen molar-refractivity contribution in [3.05, 3.63) is 0 Å². The van der Waals surface area contributed by atoms with Crippen molar-refractivity contribution in [3.63, 3.8) is 0 Å². The monoisotopic (exact) mass is 826 g/mol. The number of amidine groups is 1. The highest BCUT2D eigenvalue weighted by Gasteiger charge is 1.90. The van der Waals surface area contributed by atoms with Crippen LogP contribution in [0.3, 0.4) is 0 Å². The highest BCUT2D eigenvalue weighted by atomic mass is 32.2. The van der Waals surface area contributed by atoms with Crippen LogP contribution in [0.5, 0.6) is 0 Å². The number of hydrogen-bond acceptors (Lipinski definition) is 7. The Bertz CT molecular complexity index is 761. The maximum atomic E-state index is 10.0. The Labute approximate surface area is 344 Å². The summed E-state index contributed by atoms with van der Waals surface area (Å²) in [7, 11) is -3.23. The van der Waals surface area contributed by atoms with Crippen molar-refractivity contribution in [3.8, 4) is 0 Å². The van der Waals surface area contributed by atoms with E-state index in [1.807, 2.05) is 27.7 Å². The molecule has 0 aromatic rings. The van der Waals surface area contributed by atoms with Crippen molar-refractivity contribution in [1.82, 2.24) is 10.6 Å². The van der Waals surface area contributed by atoms with Gasteiger partial charge in [-0.15, -0.1) is 0 Å². The van der Waals surface area contributed by atoms with Gasteiger partial charge < -0.3 is 22.1 Å². The van der Waals surface area contributed by atoms with Gasteiger partial charge in [-0.2, -0.15) is 0 Å². The van der Waals surface area contributed by atoms with Crippen molar-refractivity contribution in [1.29, 1.82) is 0 Å². The zero-order chi connectivity index (χ0) is 45.4. The third kappa shape index (κ3) is 371. The molecule has 340 valence electrons. The average Bonchev–Trinajstić information content (AvgIpc) is 3.03. The molecule has 13 heteroatoms. The van der Waals surface area contributed by atoms with E-state index >= 15 is 0 Å². The number of sulfone groups is 1. The van der Waals surface area contributed by atoms with Crippen LogP contribution >= 0.6 is 0 Å². The molecule has 0 radical (unpaired) electrons. The molecule has 0 aliphatic carbocycles. The Morgan fingerprint density at radius 2 is 0.833 bits per heavy atom. The Morgan fingerprint density at radius 3 is 0.833 bits per heavy atom. The minimum atomic E-state index is -2.66. The summed E-state index contributed by atoms with van der Waals surface area (Å²) in [6, 6.07) is 0. The number of nitrogens with two attached hydrogens (primary N) is 2. The lowest BCUT2D eigenvalue weighted by Gasteiger charge is -1.90. The lowest BCUT2D eigenvalue weighted by atomic mass is 10.2. The van der Waals surface area contributed by atoms with Crippen LogP contribution in [0.4, 0.5) is 0 Å². The van der Waals surface area contributed by atoms with Gasteiger partial charge in [0.05, 0.1) is 5.84 Å². The van der Waals surface area contributed by atoms with Gasteiger partial charge in [-0.25, -0.2) is 8.42 Å². The molecule has 1 atom stereocenters. The summed E-state index contributed by atoms with van der Waals surface area (Å²) in [5, 5.41) is 5.14. The summed E-state index contributed by atoms with van der Waals surface area (Å²) < 4.78 is 29.9. The van der Waals surface area contributed by atoms with Gasteiger partial charge in [0.1, 0.15) is 9.84 Å². The van der Waals surface area contributed by atoms with Crippen LogP contribution in [0, 0.1) is 11.8 Å². The quantitative estimate of drug-likeness (QED) is 0.138. The van der Waals surface area contributed by atoms with Crippen molar-refractivity contribution in [2.75, 3.05) is 43.7 Å². The third-order valence-corrected chi connectivity index (χ3v) is 6.03. The summed E-state index contributed by atoms with van der Waals surface area (Å²) in [4.78, 5) is 33.3. The SMILES string of the molecule is C.CCC.CCC.CCC.CCC(C)C.CCC(C)C.CCC(N)=O.CCN=C(C)N.CCNC(C)=O.CCNC(C)=O.CCS(C)(=O)=O.CCS(C)=O. The van der Waals surface area contributed by atoms with Crippen molar-refractivity contribution in [2.45, 2.75) is 191 Å². The largest absolute Gasteiger partial charge is 0.388 e. The molecule has 1 unspecified atom stereocenters. The summed E-state index contributed by atoms with van der Waals surface area (Å²) in [5.41, 5.74) is 9.81. The van der Waals surface area contributed by atoms with E-state index in [9.17, 15) is 27.0 Å². The van der Waals surface area contributed by atoms with Gasteiger partial charge in [-0.3, -0.25) is 23.6 Å². The van der Waals surface area contributed by atoms with E-state index in [0.717, 1.165) is 37.2 Å². The molecule has 0 saturated carbocycles. The fourth-order valence-electron chi connectivity index (χ4n) is 0.747. The van der Waals surface area contributed by atoms with E-state index in [4.69, 9.17) is 5.73 Å². The van der Waals surface area contributed by atoms with Crippen LogP contribution in [-0.4, -0.2) is 79.8 Å². The number of aliphatic imine (C=N–C) groups is 1. The highest BCUT2D eigenvalue weighted by Crippen LogP contribution is 1.94. The number of hydrogen-bond donors (Lipinski definition) is 4. The number of carbonyl (C=O) groups excluding carboxylic acids is 3. The smallest absolute Gasteiger partial charge is 0.217 e. The second-order valence-corrected chi connectivity index (χ2v) is 16.1. The maximum absolute atomic E-state index is 10.0. The second kappa shape index (κ2) is 83.8. The second-order valence-electron chi connectivity index (χ2n) is 11.9. The molecule has 0 saturated heterocycles. The molecule has 3 amide bonds. The van der Waals surface area contributed by atoms with Crippen LogP contribution in [0.15, 0.2) is 4.99 Å². The summed E-state index contributed by atoms with van der Waals surface area (Å²) >= 11 is 0. The van der Waals surface area contributed by atoms with E-state index in [-0.39, 0.29) is 30.9 Å². The first-order valence-electron chi connectivity index (χ1n) is 19.7. The molecule has 0 spiro atoms. The molecule has 54 heavy (non-hydrogen) atoms. The van der Waals surface area contributed by atoms with Gasteiger partial charge in [0.15, 0.2) is 0 Å². The van der Waals surface area contributed by atoms with E-state index < -0.39 is 20.6 Å². The number of nitrogens with zero attached hydrogens (tertiary/aromatic N) is 1. The van der Waals surface area contributed by atoms with Gasteiger partial charge in [-0.05, 0) is 39.5 Å². The molecule has 0 aromatic heterocycles. The van der Waals surface area contributed by atoms with E-state index in [0.29, 0.717) is 12.3 Å². The van der Waals surface area contributed by atoms with Gasteiger partial charge in [-0.1, -0.05) is 143 Å². The molecule has 6 N–H and O–H groups in total.